The molecule has 0 aliphatic carbocycles. The lowest BCUT2D eigenvalue weighted by molar-refractivity contribution is -0.0959. The van der Waals surface area contributed by atoms with Crippen molar-refractivity contribution in [2.45, 2.75) is 39.2 Å². The highest BCUT2D eigenvalue weighted by Gasteiger charge is 2.37. The van der Waals surface area contributed by atoms with Gasteiger partial charge in [-0.3, -0.25) is 0 Å². The van der Waals surface area contributed by atoms with Crippen LogP contribution in [0.1, 0.15) is 37.9 Å². The second-order valence-electron chi connectivity index (χ2n) is 5.19. The van der Waals surface area contributed by atoms with Gasteiger partial charge in [0.2, 0.25) is 0 Å². The van der Waals surface area contributed by atoms with Crippen molar-refractivity contribution in [1.29, 1.82) is 0 Å². The van der Waals surface area contributed by atoms with Gasteiger partial charge in [0.25, 0.3) is 0 Å². The van der Waals surface area contributed by atoms with E-state index in [1.165, 1.54) is 0 Å². The van der Waals surface area contributed by atoms with Gasteiger partial charge in [0.1, 0.15) is 17.0 Å². The number of nitrogens with zero attached hydrogens (tertiary/aromatic N) is 2. The molecular weight excluding hydrogens is 280 g/mol. The molecule has 0 atom stereocenters. The van der Waals surface area contributed by atoms with E-state index in [1.807, 2.05) is 33.0 Å². The maximum atomic E-state index is 5.88. The monoisotopic (exact) mass is 306 g/mol. The zero-order valence-electron chi connectivity index (χ0n) is 14.2. The molecule has 1 saturated heterocycles. The molecule has 22 heavy (non-hydrogen) atoms. The van der Waals surface area contributed by atoms with E-state index in [0.29, 0.717) is 13.2 Å². The molecule has 0 bridgehead atoms. The highest BCUT2D eigenvalue weighted by molar-refractivity contribution is 5.51. The number of hydrogen-bond donors (Lipinski definition) is 0. The predicted octanol–water partition coefficient (Wildman–Crippen LogP) is 3.33. The van der Waals surface area contributed by atoms with Gasteiger partial charge < -0.3 is 18.6 Å². The summed E-state index contributed by atoms with van der Waals surface area (Å²) < 4.78 is 19.0. The molecule has 122 valence electrons. The van der Waals surface area contributed by atoms with Crippen LogP contribution in [0.2, 0.25) is 0 Å². The second kappa shape index (κ2) is 7.11. The summed E-state index contributed by atoms with van der Waals surface area (Å²) in [5.41, 5.74) is 2.72. The fourth-order valence-corrected chi connectivity index (χ4v) is 2.92. The highest BCUT2D eigenvalue weighted by atomic mass is 16.5. The fraction of sp³-hybridized carbons (Fsp3) is 0.588. The van der Waals surface area contributed by atoms with E-state index in [-0.39, 0.29) is 5.60 Å². The molecule has 1 aliphatic heterocycles. The van der Waals surface area contributed by atoms with Gasteiger partial charge in [-0.1, -0.05) is 13.8 Å². The Morgan fingerprint density at radius 3 is 2.50 bits per heavy atom. The molecule has 3 heterocycles. The molecule has 3 rings (SSSR count). The van der Waals surface area contributed by atoms with Crippen LogP contribution in [0.3, 0.4) is 0 Å². The van der Waals surface area contributed by atoms with Gasteiger partial charge in [0.15, 0.2) is 0 Å². The molecule has 5 heteroatoms. The van der Waals surface area contributed by atoms with Gasteiger partial charge in [0.05, 0.1) is 7.11 Å². The minimum atomic E-state index is -0.339. The first-order valence-electron chi connectivity index (χ1n) is 7.85. The molecule has 2 aromatic heterocycles. The molecule has 0 aromatic carbocycles. The van der Waals surface area contributed by atoms with E-state index in [9.17, 15) is 0 Å². The van der Waals surface area contributed by atoms with Crippen molar-refractivity contribution in [3.63, 3.8) is 0 Å². The third-order valence-corrected chi connectivity index (χ3v) is 4.20. The highest BCUT2D eigenvalue weighted by Crippen LogP contribution is 2.40. The first-order valence-corrected chi connectivity index (χ1v) is 7.85. The molecule has 0 unspecified atom stereocenters. The number of aryl methyl sites for hydroxylation is 1. The predicted molar refractivity (Wildman–Crippen MR) is 86.6 cm³/mol. The lowest BCUT2D eigenvalue weighted by Gasteiger charge is -2.37. The molecule has 0 amide bonds. The average Bonchev–Trinajstić information content (AvgIpc) is 2.96. The summed E-state index contributed by atoms with van der Waals surface area (Å²) in [5, 5.41) is 0. The number of imidazole rings is 1. The number of aromatic nitrogens is 2. The smallest absolute Gasteiger partial charge is 0.140 e. The quantitative estimate of drug-likeness (QED) is 0.872. The Labute approximate surface area is 132 Å². The number of methoxy groups -OCH3 is 2. The van der Waals surface area contributed by atoms with E-state index in [4.69, 9.17) is 14.2 Å². The van der Waals surface area contributed by atoms with Gasteiger partial charge >= 0.3 is 0 Å². The van der Waals surface area contributed by atoms with E-state index >= 15 is 0 Å². The van der Waals surface area contributed by atoms with Crippen LogP contribution in [0.15, 0.2) is 18.5 Å². The Morgan fingerprint density at radius 1 is 1.23 bits per heavy atom. The van der Waals surface area contributed by atoms with Crippen LogP contribution in [-0.2, 0) is 15.1 Å². The van der Waals surface area contributed by atoms with Gasteiger partial charge in [0, 0.05) is 62.9 Å². The lowest BCUT2D eigenvalue weighted by atomic mass is 9.86. The minimum Gasteiger partial charge on any atom is -0.496 e. The van der Waals surface area contributed by atoms with E-state index < -0.39 is 0 Å². The standard InChI is InChI=1S/C15H20N2O3.C2H6/c1-11-9-16-14-8-13(18-2)12(10-17(11)14)15(19-3)4-6-20-7-5-15;1-2/h8-10H,4-7H2,1-3H3;1-2H3. The van der Waals surface area contributed by atoms with Gasteiger partial charge in [-0.2, -0.15) is 0 Å². The molecule has 0 saturated carbocycles. The van der Waals surface area contributed by atoms with Gasteiger partial charge in [-0.05, 0) is 6.92 Å². The van der Waals surface area contributed by atoms with Crippen molar-refractivity contribution in [1.82, 2.24) is 9.38 Å². The first kappa shape index (κ1) is 16.8. The van der Waals surface area contributed by atoms with Crippen LogP contribution in [0.25, 0.3) is 5.65 Å². The summed E-state index contributed by atoms with van der Waals surface area (Å²) in [5.74, 6) is 0.826. The van der Waals surface area contributed by atoms with E-state index in [0.717, 1.165) is 35.5 Å². The average molecular weight is 306 g/mol. The molecule has 1 aliphatic rings. The third kappa shape index (κ3) is 2.83. The normalized spacial score (nSPS) is 17.0. The lowest BCUT2D eigenvalue weighted by Crippen LogP contribution is -2.36. The minimum absolute atomic E-state index is 0.339. The Bertz CT molecular complexity index is 616. The van der Waals surface area contributed by atoms with Crippen LogP contribution < -0.4 is 4.74 Å². The second-order valence-corrected chi connectivity index (χ2v) is 5.19. The maximum absolute atomic E-state index is 5.88. The molecule has 2 aromatic rings. The molecule has 1 fully saturated rings. The first-order chi connectivity index (χ1) is 10.7. The molecule has 5 nitrogen and oxygen atoms in total. The van der Waals surface area contributed by atoms with Crippen molar-refractivity contribution in [2.24, 2.45) is 0 Å². The Hall–Kier alpha value is -1.59. The van der Waals surface area contributed by atoms with Crippen LogP contribution in [0.5, 0.6) is 5.75 Å². The van der Waals surface area contributed by atoms with Crippen LogP contribution in [-0.4, -0.2) is 36.8 Å². The Kier molecular flexibility index (Phi) is 5.42. The van der Waals surface area contributed by atoms with Gasteiger partial charge in [-0.25, -0.2) is 4.98 Å². The van der Waals surface area contributed by atoms with Crippen LogP contribution >= 0.6 is 0 Å². The summed E-state index contributed by atoms with van der Waals surface area (Å²) in [7, 11) is 3.45. The van der Waals surface area contributed by atoms with Crippen molar-refractivity contribution < 1.29 is 14.2 Å². The number of rotatable bonds is 3. The molecular formula is C17H26N2O3. The fourth-order valence-electron chi connectivity index (χ4n) is 2.92. The van der Waals surface area contributed by atoms with E-state index in [1.54, 1.807) is 14.2 Å². The summed E-state index contributed by atoms with van der Waals surface area (Å²) >= 11 is 0. The molecule has 0 N–H and O–H groups in total. The molecule has 0 radical (unpaired) electrons. The summed E-state index contributed by atoms with van der Waals surface area (Å²) in [6.07, 6.45) is 5.62. The zero-order valence-corrected chi connectivity index (χ0v) is 14.2. The van der Waals surface area contributed by atoms with Crippen molar-refractivity contribution in [3.8, 4) is 5.75 Å². The van der Waals surface area contributed by atoms with Crippen LogP contribution in [0, 0.1) is 6.92 Å². The topological polar surface area (TPSA) is 45.0 Å². The van der Waals surface area contributed by atoms with Crippen molar-refractivity contribution >= 4 is 5.65 Å². The Balaban J connectivity index is 0.000000847. The summed E-state index contributed by atoms with van der Waals surface area (Å²) in [6, 6.07) is 1.97. The SMILES string of the molecule is CC.COc1cc2ncc(C)n2cc1C1(OC)CCOCC1. The summed E-state index contributed by atoms with van der Waals surface area (Å²) in [4.78, 5) is 4.38. The van der Waals surface area contributed by atoms with Crippen molar-refractivity contribution in [2.75, 3.05) is 27.4 Å². The summed E-state index contributed by atoms with van der Waals surface area (Å²) in [6.45, 7) is 7.45. The number of ether oxygens (including phenoxy) is 3. The zero-order chi connectivity index (χ0) is 16.2. The number of hydrogen-bond acceptors (Lipinski definition) is 4. The number of fused-ring (bicyclic) bond motifs is 1. The third-order valence-electron chi connectivity index (χ3n) is 4.20. The number of pyridine rings is 1. The Morgan fingerprint density at radius 2 is 1.91 bits per heavy atom. The van der Waals surface area contributed by atoms with Gasteiger partial charge in [-0.15, -0.1) is 0 Å². The largest absolute Gasteiger partial charge is 0.496 e. The molecule has 0 spiro atoms. The van der Waals surface area contributed by atoms with Crippen molar-refractivity contribution in [3.05, 3.63) is 29.7 Å². The van der Waals surface area contributed by atoms with Crippen LogP contribution in [0.4, 0.5) is 0 Å². The maximum Gasteiger partial charge on any atom is 0.140 e. The van der Waals surface area contributed by atoms with E-state index in [2.05, 4.69) is 15.6 Å².